The predicted molar refractivity (Wildman–Crippen MR) is 114 cm³/mol. The van der Waals surface area contributed by atoms with Crippen molar-refractivity contribution in [3.63, 3.8) is 0 Å². The van der Waals surface area contributed by atoms with Crippen LogP contribution in [0.3, 0.4) is 0 Å². The van der Waals surface area contributed by atoms with Crippen LogP contribution in [0, 0.1) is 5.41 Å². The molecule has 0 bridgehead atoms. The molecule has 1 atom stereocenters. The highest BCUT2D eigenvalue weighted by Gasteiger charge is 2.43. The van der Waals surface area contributed by atoms with E-state index in [-0.39, 0.29) is 5.41 Å². The number of allylic oxidation sites excluding steroid dienone is 5. The molecule has 2 N–H and O–H groups in total. The van der Waals surface area contributed by atoms with Crippen molar-refractivity contribution in [3.8, 4) is 0 Å². The summed E-state index contributed by atoms with van der Waals surface area (Å²) in [6, 6.07) is 10.8. The smallest absolute Gasteiger partial charge is 0.104 e. The Bertz CT molecular complexity index is 844. The lowest BCUT2D eigenvalue weighted by atomic mass is 9.85. The second-order valence-corrected chi connectivity index (χ2v) is 8.88. The Kier molecular flexibility index (Phi) is 5.11. The molecule has 0 saturated carbocycles. The first-order valence-electron chi connectivity index (χ1n) is 10.4. The summed E-state index contributed by atoms with van der Waals surface area (Å²) in [7, 11) is 0. The highest BCUT2D eigenvalue weighted by molar-refractivity contribution is 5.58. The summed E-state index contributed by atoms with van der Waals surface area (Å²) < 4.78 is 5.96. The molecule has 4 nitrogen and oxygen atoms in total. The number of hydrogen-bond donors (Lipinski definition) is 1. The van der Waals surface area contributed by atoms with Crippen molar-refractivity contribution in [2.24, 2.45) is 11.1 Å². The van der Waals surface area contributed by atoms with Gasteiger partial charge in [0.2, 0.25) is 0 Å². The van der Waals surface area contributed by atoms with E-state index < -0.39 is 0 Å². The number of rotatable bonds is 4. The molecule has 2 heterocycles. The fourth-order valence-electron chi connectivity index (χ4n) is 4.89. The van der Waals surface area contributed by atoms with Gasteiger partial charge < -0.3 is 10.5 Å². The van der Waals surface area contributed by atoms with Crippen LogP contribution in [0.15, 0.2) is 64.3 Å². The van der Waals surface area contributed by atoms with Gasteiger partial charge in [-0.05, 0) is 38.3 Å². The van der Waals surface area contributed by atoms with Gasteiger partial charge in [0.05, 0.1) is 0 Å². The first kappa shape index (κ1) is 19.3. The molecule has 1 aliphatic carbocycles. The molecule has 0 spiro atoms. The molecule has 1 aromatic rings. The van der Waals surface area contributed by atoms with Gasteiger partial charge in [-0.1, -0.05) is 37.3 Å². The number of nitrogens with two attached hydrogens (primary N) is 1. The number of nitrogens with zero attached hydrogens (tertiary/aromatic N) is 2. The van der Waals surface area contributed by atoms with Crippen LogP contribution in [-0.4, -0.2) is 42.5 Å². The first-order valence-corrected chi connectivity index (χ1v) is 10.4. The first-order chi connectivity index (χ1) is 13.4. The Hall–Kier alpha value is -2.04. The molecule has 0 aromatic heterocycles. The minimum Gasteiger partial charge on any atom is -0.466 e. The second-order valence-electron chi connectivity index (χ2n) is 8.88. The van der Waals surface area contributed by atoms with E-state index in [2.05, 4.69) is 60.9 Å². The van der Waals surface area contributed by atoms with E-state index in [4.69, 9.17) is 10.5 Å². The van der Waals surface area contributed by atoms with Gasteiger partial charge in [-0.15, -0.1) is 0 Å². The van der Waals surface area contributed by atoms with Gasteiger partial charge in [0.1, 0.15) is 11.5 Å². The zero-order valence-electron chi connectivity index (χ0n) is 17.7. The third-order valence-electron chi connectivity index (χ3n) is 6.71. The topological polar surface area (TPSA) is 41.7 Å². The summed E-state index contributed by atoms with van der Waals surface area (Å²) in [6.07, 6.45) is 0.981. The fraction of sp³-hybridized carbons (Fsp3) is 0.500. The second kappa shape index (κ2) is 7.41. The van der Waals surface area contributed by atoms with Gasteiger partial charge in [0.15, 0.2) is 0 Å². The maximum atomic E-state index is 6.75. The number of hydrogen-bond acceptors (Lipinski definition) is 4. The van der Waals surface area contributed by atoms with Gasteiger partial charge in [0, 0.05) is 61.5 Å². The molecule has 4 rings (SSSR count). The van der Waals surface area contributed by atoms with E-state index in [1.54, 1.807) is 0 Å². The molecule has 1 aromatic carbocycles. The van der Waals surface area contributed by atoms with E-state index in [1.807, 2.05) is 6.92 Å². The summed E-state index contributed by atoms with van der Waals surface area (Å²) in [4.78, 5) is 5.15. The van der Waals surface area contributed by atoms with Crippen molar-refractivity contribution in [2.45, 2.75) is 40.7 Å². The SMILES string of the molecule is CC1=C(C)C2=C(N)C(C)(CN3CCN(Cc4ccccc4)CC3)CC2=C(C)O1. The number of ether oxygens (including phenoxy) is 1. The van der Waals surface area contributed by atoms with Crippen molar-refractivity contribution in [2.75, 3.05) is 32.7 Å². The minimum absolute atomic E-state index is 0.0111. The summed E-state index contributed by atoms with van der Waals surface area (Å²) in [6.45, 7) is 15.1. The van der Waals surface area contributed by atoms with Crippen LogP contribution >= 0.6 is 0 Å². The molecule has 28 heavy (non-hydrogen) atoms. The number of benzene rings is 1. The zero-order chi connectivity index (χ0) is 19.9. The maximum Gasteiger partial charge on any atom is 0.104 e. The largest absolute Gasteiger partial charge is 0.466 e. The van der Waals surface area contributed by atoms with Crippen LogP contribution < -0.4 is 5.73 Å². The van der Waals surface area contributed by atoms with Gasteiger partial charge >= 0.3 is 0 Å². The van der Waals surface area contributed by atoms with Crippen LogP contribution in [-0.2, 0) is 11.3 Å². The van der Waals surface area contributed by atoms with E-state index >= 15 is 0 Å². The molecule has 1 fully saturated rings. The van der Waals surface area contributed by atoms with Crippen LogP contribution in [0.25, 0.3) is 0 Å². The normalized spacial score (nSPS) is 26.7. The van der Waals surface area contributed by atoms with Crippen LogP contribution in [0.4, 0.5) is 0 Å². The highest BCUT2D eigenvalue weighted by Crippen LogP contribution is 2.50. The zero-order valence-corrected chi connectivity index (χ0v) is 17.7. The molecular formula is C24H33N3O. The molecule has 2 aliphatic heterocycles. The van der Waals surface area contributed by atoms with E-state index in [9.17, 15) is 0 Å². The lowest BCUT2D eigenvalue weighted by molar-refractivity contribution is 0.0990. The number of piperazine rings is 1. The quantitative estimate of drug-likeness (QED) is 0.858. The van der Waals surface area contributed by atoms with Crippen molar-refractivity contribution >= 4 is 0 Å². The molecular weight excluding hydrogens is 346 g/mol. The Morgan fingerprint density at radius 2 is 1.61 bits per heavy atom. The summed E-state index contributed by atoms with van der Waals surface area (Å²) in [5, 5.41) is 0. The molecule has 1 saturated heterocycles. The van der Waals surface area contributed by atoms with E-state index in [0.29, 0.717) is 0 Å². The molecule has 150 valence electrons. The Morgan fingerprint density at radius 1 is 0.964 bits per heavy atom. The van der Waals surface area contributed by atoms with Gasteiger partial charge in [0.25, 0.3) is 0 Å². The Labute approximate surface area is 169 Å². The average Bonchev–Trinajstić information content (AvgIpc) is 2.94. The monoisotopic (exact) mass is 379 g/mol. The van der Waals surface area contributed by atoms with E-state index in [1.165, 1.54) is 22.3 Å². The molecule has 0 amide bonds. The lowest BCUT2D eigenvalue weighted by Gasteiger charge is -2.39. The van der Waals surface area contributed by atoms with Crippen molar-refractivity contribution in [3.05, 3.63) is 69.8 Å². The van der Waals surface area contributed by atoms with Gasteiger partial charge in [-0.25, -0.2) is 0 Å². The minimum atomic E-state index is -0.0111. The molecule has 1 unspecified atom stereocenters. The highest BCUT2D eigenvalue weighted by atomic mass is 16.5. The molecule has 0 radical (unpaired) electrons. The lowest BCUT2D eigenvalue weighted by Crippen LogP contribution is -2.49. The Morgan fingerprint density at radius 3 is 2.29 bits per heavy atom. The molecule has 4 heteroatoms. The number of fused-ring (bicyclic) bond motifs is 1. The van der Waals surface area contributed by atoms with Crippen LogP contribution in [0.5, 0.6) is 0 Å². The third kappa shape index (κ3) is 3.51. The Balaban J connectivity index is 1.42. The fourth-order valence-corrected chi connectivity index (χ4v) is 4.89. The predicted octanol–water partition coefficient (Wildman–Crippen LogP) is 4.03. The standard InChI is InChI=1S/C24H33N3O/c1-17-18(2)28-19(3)21-14-24(4,23(25)22(17)21)16-27-12-10-26(11-13-27)15-20-8-6-5-7-9-20/h5-9H,10-16,25H2,1-4H3. The third-order valence-corrected chi connectivity index (χ3v) is 6.71. The van der Waals surface area contributed by atoms with Gasteiger partial charge in [-0.3, -0.25) is 9.80 Å². The van der Waals surface area contributed by atoms with Crippen molar-refractivity contribution in [1.82, 2.24) is 9.80 Å². The van der Waals surface area contributed by atoms with Crippen LogP contribution in [0.1, 0.15) is 39.7 Å². The average molecular weight is 380 g/mol. The molecule has 3 aliphatic rings. The summed E-state index contributed by atoms with van der Waals surface area (Å²) in [5.41, 5.74) is 13.0. The maximum absolute atomic E-state index is 6.75. The summed E-state index contributed by atoms with van der Waals surface area (Å²) in [5.74, 6) is 2.01. The van der Waals surface area contributed by atoms with Gasteiger partial charge in [-0.2, -0.15) is 0 Å². The van der Waals surface area contributed by atoms with Crippen LogP contribution in [0.2, 0.25) is 0 Å². The summed E-state index contributed by atoms with van der Waals surface area (Å²) >= 11 is 0. The van der Waals surface area contributed by atoms with Crippen molar-refractivity contribution in [1.29, 1.82) is 0 Å². The van der Waals surface area contributed by atoms with E-state index in [0.717, 1.165) is 62.9 Å². The van der Waals surface area contributed by atoms with Crippen molar-refractivity contribution < 1.29 is 4.74 Å².